The number of hydrogen-bond acceptors (Lipinski definition) is 5. The quantitative estimate of drug-likeness (QED) is 0.371. The maximum Gasteiger partial charge on any atom is 0.291 e. The first-order valence-corrected chi connectivity index (χ1v) is 9.83. The molecule has 6 nitrogen and oxygen atoms in total. The number of amides is 1. The van der Waals surface area contributed by atoms with Crippen molar-refractivity contribution in [3.63, 3.8) is 0 Å². The van der Waals surface area contributed by atoms with E-state index in [0.29, 0.717) is 27.5 Å². The van der Waals surface area contributed by atoms with Gasteiger partial charge in [-0.1, -0.05) is 29.8 Å². The van der Waals surface area contributed by atoms with E-state index < -0.39 is 0 Å². The molecule has 0 aliphatic heterocycles. The highest BCUT2D eigenvalue weighted by atomic mass is 35.5. The Morgan fingerprint density at radius 3 is 2.71 bits per heavy atom. The predicted molar refractivity (Wildman–Crippen MR) is 122 cm³/mol. The number of carbonyl (C=O) groups is 1. The summed E-state index contributed by atoms with van der Waals surface area (Å²) in [5, 5.41) is 14.4. The van der Waals surface area contributed by atoms with Crippen LogP contribution in [0.25, 0.3) is 11.0 Å². The van der Waals surface area contributed by atoms with Crippen LogP contribution in [0, 0.1) is 6.92 Å². The average Bonchev–Trinajstić information content (AvgIpc) is 3.20. The van der Waals surface area contributed by atoms with Gasteiger partial charge >= 0.3 is 0 Å². The van der Waals surface area contributed by atoms with Crippen molar-refractivity contribution in [1.82, 2.24) is 0 Å². The normalized spacial score (nSPS) is 11.2. The molecular formula is C24H19ClN2O4. The van der Waals surface area contributed by atoms with Gasteiger partial charge in [-0.3, -0.25) is 9.79 Å². The zero-order chi connectivity index (χ0) is 22.0. The van der Waals surface area contributed by atoms with Gasteiger partial charge in [0, 0.05) is 33.9 Å². The van der Waals surface area contributed by atoms with E-state index in [0.717, 1.165) is 10.9 Å². The summed E-state index contributed by atoms with van der Waals surface area (Å²) in [6.45, 7) is 1.87. The Bertz CT molecular complexity index is 1280. The highest BCUT2D eigenvalue weighted by molar-refractivity contribution is 6.31. The minimum atomic E-state index is -0.327. The lowest BCUT2D eigenvalue weighted by Crippen LogP contribution is -2.11. The summed E-state index contributed by atoms with van der Waals surface area (Å²) >= 11 is 6.05. The van der Waals surface area contributed by atoms with Gasteiger partial charge in [-0.05, 0) is 48.9 Å². The van der Waals surface area contributed by atoms with Crippen molar-refractivity contribution in [1.29, 1.82) is 0 Å². The van der Waals surface area contributed by atoms with Crippen LogP contribution in [0.1, 0.15) is 21.7 Å². The van der Waals surface area contributed by atoms with Crippen LogP contribution < -0.4 is 10.1 Å². The summed E-state index contributed by atoms with van der Waals surface area (Å²) in [5.74, 6) is 0.149. The standard InChI is InChI=1S/C24H19ClN2O4/c1-14-9-18(26-13-16-10-17(25)12-21(30-2)23(16)28)7-8-19(14)27-24(29)22-11-15-5-3-4-6-20(15)31-22/h3-13,28H,1-2H3,(H,27,29). The molecular weight excluding hydrogens is 416 g/mol. The predicted octanol–water partition coefficient (Wildman–Crippen LogP) is 6.11. The highest BCUT2D eigenvalue weighted by Crippen LogP contribution is 2.33. The van der Waals surface area contributed by atoms with Crippen LogP contribution in [0.5, 0.6) is 11.5 Å². The zero-order valence-electron chi connectivity index (χ0n) is 16.8. The fourth-order valence-corrected chi connectivity index (χ4v) is 3.36. The number of ether oxygens (including phenoxy) is 1. The van der Waals surface area contributed by atoms with Gasteiger partial charge in [0.2, 0.25) is 0 Å². The molecule has 0 fully saturated rings. The second-order valence-corrected chi connectivity index (χ2v) is 7.34. The third-order valence-corrected chi connectivity index (χ3v) is 4.97. The minimum absolute atomic E-state index is 0.0397. The third kappa shape index (κ3) is 4.39. The number of halogens is 1. The van der Waals surface area contributed by atoms with Crippen molar-refractivity contribution in [2.75, 3.05) is 12.4 Å². The van der Waals surface area contributed by atoms with Crippen LogP contribution in [0.3, 0.4) is 0 Å². The van der Waals surface area contributed by atoms with Crippen LogP contribution in [-0.2, 0) is 0 Å². The minimum Gasteiger partial charge on any atom is -0.504 e. The molecule has 1 amide bonds. The van der Waals surface area contributed by atoms with Crippen LogP contribution >= 0.6 is 11.6 Å². The molecule has 1 aromatic heterocycles. The van der Waals surface area contributed by atoms with E-state index >= 15 is 0 Å². The molecule has 0 radical (unpaired) electrons. The maximum atomic E-state index is 12.6. The van der Waals surface area contributed by atoms with Crippen molar-refractivity contribution in [2.45, 2.75) is 6.92 Å². The average molecular weight is 435 g/mol. The lowest BCUT2D eigenvalue weighted by Gasteiger charge is -2.08. The summed E-state index contributed by atoms with van der Waals surface area (Å²) < 4.78 is 10.7. The first kappa shape index (κ1) is 20.5. The van der Waals surface area contributed by atoms with E-state index in [2.05, 4.69) is 10.3 Å². The number of furan rings is 1. The van der Waals surface area contributed by atoms with Crippen LogP contribution in [0.4, 0.5) is 11.4 Å². The van der Waals surface area contributed by atoms with Crippen molar-refractivity contribution < 1.29 is 19.1 Å². The third-order valence-electron chi connectivity index (χ3n) is 4.75. The number of aryl methyl sites for hydroxylation is 1. The number of aromatic hydroxyl groups is 1. The number of hydrogen-bond donors (Lipinski definition) is 2. The van der Waals surface area contributed by atoms with E-state index in [-0.39, 0.29) is 23.2 Å². The molecule has 7 heteroatoms. The number of carbonyl (C=O) groups excluding carboxylic acids is 1. The maximum absolute atomic E-state index is 12.6. The molecule has 156 valence electrons. The largest absolute Gasteiger partial charge is 0.504 e. The van der Waals surface area contributed by atoms with Gasteiger partial charge in [0.05, 0.1) is 12.8 Å². The molecule has 31 heavy (non-hydrogen) atoms. The number of phenolic OH excluding ortho intramolecular Hbond substituents is 1. The highest BCUT2D eigenvalue weighted by Gasteiger charge is 2.13. The first-order chi connectivity index (χ1) is 14.9. The van der Waals surface area contributed by atoms with E-state index in [4.69, 9.17) is 20.8 Å². The lowest BCUT2D eigenvalue weighted by atomic mass is 10.1. The summed E-state index contributed by atoms with van der Waals surface area (Å²) in [6, 6.07) is 17.6. The molecule has 0 aliphatic rings. The van der Waals surface area contributed by atoms with Gasteiger partial charge < -0.3 is 19.6 Å². The Morgan fingerprint density at radius 1 is 1.16 bits per heavy atom. The topological polar surface area (TPSA) is 84.1 Å². The van der Waals surface area contributed by atoms with Crippen molar-refractivity contribution in [3.05, 3.63) is 82.6 Å². The van der Waals surface area contributed by atoms with Crippen LogP contribution in [-0.4, -0.2) is 24.3 Å². The number of anilines is 1. The van der Waals surface area contributed by atoms with E-state index in [1.54, 1.807) is 24.3 Å². The number of rotatable bonds is 5. The number of benzene rings is 3. The van der Waals surface area contributed by atoms with Crippen LogP contribution in [0.15, 0.2) is 70.1 Å². The van der Waals surface area contributed by atoms with Gasteiger partial charge in [-0.15, -0.1) is 0 Å². The van der Waals surface area contributed by atoms with E-state index in [1.165, 1.54) is 19.4 Å². The Labute approximate surface area is 183 Å². The molecule has 0 saturated carbocycles. The van der Waals surface area contributed by atoms with Crippen LogP contribution in [0.2, 0.25) is 5.02 Å². The second kappa shape index (κ2) is 8.53. The Kier molecular flexibility index (Phi) is 5.64. The number of nitrogens with one attached hydrogen (secondary N) is 1. The zero-order valence-corrected chi connectivity index (χ0v) is 17.6. The van der Waals surface area contributed by atoms with Gasteiger partial charge in [0.1, 0.15) is 5.58 Å². The van der Waals surface area contributed by atoms with Crippen molar-refractivity contribution in [2.24, 2.45) is 4.99 Å². The number of methoxy groups -OCH3 is 1. The molecule has 0 spiro atoms. The van der Waals surface area contributed by atoms with Crippen molar-refractivity contribution in [3.8, 4) is 11.5 Å². The van der Waals surface area contributed by atoms with Gasteiger partial charge in [0.15, 0.2) is 17.3 Å². The van der Waals surface area contributed by atoms with Gasteiger partial charge in [0.25, 0.3) is 5.91 Å². The van der Waals surface area contributed by atoms with E-state index in [9.17, 15) is 9.90 Å². The monoisotopic (exact) mass is 434 g/mol. The van der Waals surface area contributed by atoms with E-state index in [1.807, 2.05) is 37.3 Å². The summed E-state index contributed by atoms with van der Waals surface area (Å²) in [6.07, 6.45) is 1.51. The number of fused-ring (bicyclic) bond motifs is 1. The summed E-state index contributed by atoms with van der Waals surface area (Å²) in [5.41, 5.74) is 3.22. The second-order valence-electron chi connectivity index (χ2n) is 6.91. The Morgan fingerprint density at radius 2 is 1.97 bits per heavy atom. The molecule has 0 saturated heterocycles. The van der Waals surface area contributed by atoms with Crippen molar-refractivity contribution >= 4 is 46.1 Å². The van der Waals surface area contributed by atoms with Gasteiger partial charge in [-0.2, -0.15) is 0 Å². The Balaban J connectivity index is 1.52. The molecule has 4 aromatic rings. The molecule has 1 heterocycles. The SMILES string of the molecule is COc1cc(Cl)cc(C=Nc2ccc(NC(=O)c3cc4ccccc4o3)c(C)c2)c1O. The first-order valence-electron chi connectivity index (χ1n) is 9.46. The van der Waals surface area contributed by atoms with Gasteiger partial charge in [-0.25, -0.2) is 0 Å². The summed E-state index contributed by atoms with van der Waals surface area (Å²) in [4.78, 5) is 17.0. The molecule has 3 aromatic carbocycles. The fourth-order valence-electron chi connectivity index (χ4n) is 3.14. The molecule has 0 atom stereocenters. The number of phenols is 1. The molecule has 4 rings (SSSR count). The molecule has 2 N–H and O–H groups in total. The molecule has 0 unspecified atom stereocenters. The summed E-state index contributed by atoms with van der Waals surface area (Å²) in [7, 11) is 1.45. The molecule has 0 aliphatic carbocycles. The molecule has 0 bridgehead atoms. The lowest BCUT2D eigenvalue weighted by molar-refractivity contribution is 0.0998. The fraction of sp³-hybridized carbons (Fsp3) is 0.0833. The number of aliphatic imine (C=N–C) groups is 1. The Hall–Kier alpha value is -3.77. The number of para-hydroxylation sites is 1. The number of nitrogens with zero attached hydrogens (tertiary/aromatic N) is 1. The smallest absolute Gasteiger partial charge is 0.291 e.